The van der Waals surface area contributed by atoms with Crippen LogP contribution in [-0.2, 0) is 6.42 Å². The van der Waals surface area contributed by atoms with Gasteiger partial charge in [0.15, 0.2) is 0 Å². The molecule has 1 aromatic rings. The molecule has 0 atom stereocenters. The molecule has 0 aliphatic heterocycles. The van der Waals surface area contributed by atoms with E-state index < -0.39 is 0 Å². The molecule has 1 aromatic heterocycles. The van der Waals surface area contributed by atoms with Crippen LogP contribution in [0, 0.1) is 0 Å². The maximum Gasteiger partial charge on any atom is 0.128 e. The topological polar surface area (TPSA) is 63.8 Å². The van der Waals surface area contributed by atoms with Crippen LogP contribution in [0.2, 0.25) is 0 Å². The SMILES string of the molecule is CCc1ncc(NCCCN)cn1. The molecule has 3 N–H and O–H groups in total. The van der Waals surface area contributed by atoms with E-state index in [0.717, 1.165) is 30.9 Å². The van der Waals surface area contributed by atoms with Crippen LogP contribution in [0.25, 0.3) is 0 Å². The van der Waals surface area contributed by atoms with Crippen molar-refractivity contribution in [2.24, 2.45) is 5.73 Å². The lowest BCUT2D eigenvalue weighted by molar-refractivity contribution is 0.868. The van der Waals surface area contributed by atoms with Crippen molar-refractivity contribution in [3.05, 3.63) is 18.2 Å². The number of hydrogen-bond donors (Lipinski definition) is 2. The first-order chi connectivity index (χ1) is 6.36. The Kier molecular flexibility index (Phi) is 4.18. The molecule has 13 heavy (non-hydrogen) atoms. The Hall–Kier alpha value is -1.16. The molecular formula is C9H16N4. The molecule has 0 aliphatic rings. The molecule has 0 radical (unpaired) electrons. The summed E-state index contributed by atoms with van der Waals surface area (Å²) in [7, 11) is 0. The first-order valence-electron chi connectivity index (χ1n) is 4.61. The fourth-order valence-electron chi connectivity index (χ4n) is 0.963. The van der Waals surface area contributed by atoms with Gasteiger partial charge in [0, 0.05) is 13.0 Å². The molecule has 72 valence electrons. The highest BCUT2D eigenvalue weighted by atomic mass is 14.9. The molecular weight excluding hydrogens is 164 g/mol. The lowest BCUT2D eigenvalue weighted by Gasteiger charge is -2.04. The maximum atomic E-state index is 5.37. The third kappa shape index (κ3) is 3.38. The van der Waals surface area contributed by atoms with Crippen LogP contribution in [0.4, 0.5) is 5.69 Å². The van der Waals surface area contributed by atoms with Crippen molar-refractivity contribution in [3.8, 4) is 0 Å². The standard InChI is InChI=1S/C9H16N4/c1-2-9-12-6-8(7-13-9)11-5-3-4-10/h6-7,11H,2-5,10H2,1H3. The fourth-order valence-corrected chi connectivity index (χ4v) is 0.963. The van der Waals surface area contributed by atoms with Crippen LogP contribution in [-0.4, -0.2) is 23.1 Å². The average molecular weight is 180 g/mol. The van der Waals surface area contributed by atoms with Gasteiger partial charge in [-0.2, -0.15) is 0 Å². The predicted molar refractivity (Wildman–Crippen MR) is 53.6 cm³/mol. The number of aryl methyl sites for hydroxylation is 1. The zero-order valence-electron chi connectivity index (χ0n) is 7.95. The van der Waals surface area contributed by atoms with Crippen molar-refractivity contribution in [1.29, 1.82) is 0 Å². The molecule has 4 heteroatoms. The molecule has 0 unspecified atom stereocenters. The van der Waals surface area contributed by atoms with E-state index in [0.29, 0.717) is 6.54 Å². The van der Waals surface area contributed by atoms with E-state index in [1.165, 1.54) is 0 Å². The van der Waals surface area contributed by atoms with Gasteiger partial charge < -0.3 is 11.1 Å². The number of anilines is 1. The highest BCUT2D eigenvalue weighted by Crippen LogP contribution is 2.02. The van der Waals surface area contributed by atoms with Gasteiger partial charge in [0.05, 0.1) is 18.1 Å². The quantitative estimate of drug-likeness (QED) is 0.658. The van der Waals surface area contributed by atoms with Crippen molar-refractivity contribution >= 4 is 5.69 Å². The van der Waals surface area contributed by atoms with Gasteiger partial charge in [-0.15, -0.1) is 0 Å². The van der Waals surface area contributed by atoms with Crippen molar-refractivity contribution in [2.75, 3.05) is 18.4 Å². The van der Waals surface area contributed by atoms with Gasteiger partial charge in [-0.25, -0.2) is 9.97 Å². The van der Waals surface area contributed by atoms with Crippen molar-refractivity contribution in [1.82, 2.24) is 9.97 Å². The van der Waals surface area contributed by atoms with Gasteiger partial charge in [0.25, 0.3) is 0 Å². The second-order valence-electron chi connectivity index (χ2n) is 2.81. The van der Waals surface area contributed by atoms with E-state index in [4.69, 9.17) is 5.73 Å². The molecule has 0 saturated carbocycles. The minimum Gasteiger partial charge on any atom is -0.383 e. The van der Waals surface area contributed by atoms with Crippen molar-refractivity contribution in [2.45, 2.75) is 19.8 Å². The summed E-state index contributed by atoms with van der Waals surface area (Å²) in [6.07, 6.45) is 5.46. The third-order valence-corrected chi connectivity index (χ3v) is 1.73. The second-order valence-corrected chi connectivity index (χ2v) is 2.81. The number of nitrogens with zero attached hydrogens (tertiary/aromatic N) is 2. The summed E-state index contributed by atoms with van der Waals surface area (Å²) in [5, 5.41) is 3.19. The number of hydrogen-bond acceptors (Lipinski definition) is 4. The Balaban J connectivity index is 2.40. The normalized spacial score (nSPS) is 10.0. The van der Waals surface area contributed by atoms with Gasteiger partial charge in [-0.05, 0) is 13.0 Å². The second kappa shape index (κ2) is 5.48. The van der Waals surface area contributed by atoms with Crippen LogP contribution in [0.1, 0.15) is 19.2 Å². The zero-order valence-corrected chi connectivity index (χ0v) is 7.95. The van der Waals surface area contributed by atoms with Gasteiger partial charge >= 0.3 is 0 Å². The number of aromatic nitrogens is 2. The smallest absolute Gasteiger partial charge is 0.128 e. The Morgan fingerprint density at radius 1 is 1.38 bits per heavy atom. The van der Waals surface area contributed by atoms with E-state index in [1.807, 2.05) is 19.3 Å². The third-order valence-electron chi connectivity index (χ3n) is 1.73. The summed E-state index contributed by atoms with van der Waals surface area (Å²) in [5.41, 5.74) is 6.33. The first kappa shape index (κ1) is 9.92. The monoisotopic (exact) mass is 180 g/mol. The minimum absolute atomic E-state index is 0.709. The van der Waals surface area contributed by atoms with Crippen LogP contribution in [0.5, 0.6) is 0 Å². The molecule has 0 saturated heterocycles. The van der Waals surface area contributed by atoms with E-state index in [9.17, 15) is 0 Å². The molecule has 4 nitrogen and oxygen atoms in total. The Morgan fingerprint density at radius 2 is 2.08 bits per heavy atom. The Labute approximate surface area is 78.6 Å². The van der Waals surface area contributed by atoms with Crippen LogP contribution < -0.4 is 11.1 Å². The lowest BCUT2D eigenvalue weighted by atomic mass is 10.4. The van der Waals surface area contributed by atoms with E-state index in [-0.39, 0.29) is 0 Å². The van der Waals surface area contributed by atoms with Crippen molar-refractivity contribution in [3.63, 3.8) is 0 Å². The van der Waals surface area contributed by atoms with Crippen LogP contribution >= 0.6 is 0 Å². The molecule has 0 bridgehead atoms. The number of rotatable bonds is 5. The molecule has 0 aromatic carbocycles. The summed E-state index contributed by atoms with van der Waals surface area (Å²) < 4.78 is 0. The molecule has 0 aliphatic carbocycles. The van der Waals surface area contributed by atoms with Gasteiger partial charge in [0.1, 0.15) is 5.82 Å². The Bertz CT molecular complexity index is 232. The summed E-state index contributed by atoms with van der Waals surface area (Å²) in [5.74, 6) is 0.879. The number of nitrogens with one attached hydrogen (secondary N) is 1. The van der Waals surface area contributed by atoms with Gasteiger partial charge in [0.2, 0.25) is 0 Å². The number of nitrogens with two attached hydrogens (primary N) is 1. The van der Waals surface area contributed by atoms with E-state index in [1.54, 1.807) is 0 Å². The molecule has 1 rings (SSSR count). The largest absolute Gasteiger partial charge is 0.383 e. The summed E-state index contributed by atoms with van der Waals surface area (Å²) in [6, 6.07) is 0. The fraction of sp³-hybridized carbons (Fsp3) is 0.556. The van der Waals surface area contributed by atoms with Gasteiger partial charge in [-0.1, -0.05) is 6.92 Å². The minimum atomic E-state index is 0.709. The maximum absolute atomic E-state index is 5.37. The predicted octanol–water partition coefficient (Wildman–Crippen LogP) is 0.800. The molecule has 0 spiro atoms. The van der Waals surface area contributed by atoms with Crippen LogP contribution in [0.3, 0.4) is 0 Å². The molecule has 0 amide bonds. The highest BCUT2D eigenvalue weighted by molar-refractivity contribution is 5.37. The van der Waals surface area contributed by atoms with Crippen molar-refractivity contribution < 1.29 is 0 Å². The average Bonchev–Trinajstić information content (AvgIpc) is 2.19. The Morgan fingerprint density at radius 3 is 2.62 bits per heavy atom. The van der Waals surface area contributed by atoms with Gasteiger partial charge in [-0.3, -0.25) is 0 Å². The zero-order chi connectivity index (χ0) is 9.52. The first-order valence-corrected chi connectivity index (χ1v) is 4.61. The highest BCUT2D eigenvalue weighted by Gasteiger charge is 1.93. The van der Waals surface area contributed by atoms with E-state index >= 15 is 0 Å². The lowest BCUT2D eigenvalue weighted by Crippen LogP contribution is -2.09. The van der Waals surface area contributed by atoms with Crippen LogP contribution in [0.15, 0.2) is 12.4 Å². The van der Waals surface area contributed by atoms with E-state index in [2.05, 4.69) is 15.3 Å². The molecule has 0 fully saturated rings. The summed E-state index contributed by atoms with van der Waals surface area (Å²) >= 11 is 0. The summed E-state index contributed by atoms with van der Waals surface area (Å²) in [6.45, 7) is 3.63. The molecule has 1 heterocycles. The summed E-state index contributed by atoms with van der Waals surface area (Å²) in [4.78, 5) is 8.34.